The van der Waals surface area contributed by atoms with E-state index >= 15 is 0 Å². The molecule has 78 valence electrons. The lowest BCUT2D eigenvalue weighted by molar-refractivity contribution is 0.104. The molecule has 15 heavy (non-hydrogen) atoms. The Morgan fingerprint density at radius 3 is 2.73 bits per heavy atom. The van der Waals surface area contributed by atoms with E-state index in [-0.39, 0.29) is 5.78 Å². The van der Waals surface area contributed by atoms with Crippen molar-refractivity contribution in [3.63, 3.8) is 0 Å². The molecule has 0 spiro atoms. The molecule has 0 aliphatic heterocycles. The molecule has 0 N–H and O–H groups in total. The highest BCUT2D eigenvalue weighted by molar-refractivity contribution is 9.11. The van der Waals surface area contributed by atoms with Crippen molar-refractivity contribution in [1.29, 1.82) is 0 Å². The van der Waals surface area contributed by atoms with Crippen molar-refractivity contribution in [2.45, 2.75) is 6.92 Å². The molecule has 0 saturated carbocycles. The summed E-state index contributed by atoms with van der Waals surface area (Å²) in [5, 5.41) is 2.52. The highest BCUT2D eigenvalue weighted by Crippen LogP contribution is 2.34. The van der Waals surface area contributed by atoms with E-state index < -0.39 is 0 Å². The number of thiophene rings is 2. The standard InChI is InChI=1S/C10H6BrClOS2/c1-5-2-3-14-9(5)8(13)7-4-6(12)10(11)15-7/h2-4H,1H3. The van der Waals surface area contributed by atoms with Crippen molar-refractivity contribution in [3.05, 3.63) is 41.6 Å². The van der Waals surface area contributed by atoms with Crippen molar-refractivity contribution in [1.82, 2.24) is 0 Å². The van der Waals surface area contributed by atoms with Gasteiger partial charge < -0.3 is 0 Å². The zero-order valence-corrected chi connectivity index (χ0v) is 11.7. The molecule has 1 nitrogen and oxygen atoms in total. The van der Waals surface area contributed by atoms with Gasteiger partial charge in [-0.15, -0.1) is 22.7 Å². The largest absolute Gasteiger partial charge is 0.287 e. The molecular formula is C10H6BrClOS2. The van der Waals surface area contributed by atoms with Crippen LogP contribution in [0.4, 0.5) is 0 Å². The number of hydrogen-bond donors (Lipinski definition) is 0. The lowest BCUT2D eigenvalue weighted by atomic mass is 10.2. The second-order valence-corrected chi connectivity index (χ2v) is 6.69. The van der Waals surface area contributed by atoms with Gasteiger partial charge in [0.05, 0.1) is 18.6 Å². The summed E-state index contributed by atoms with van der Waals surface area (Å²) in [6, 6.07) is 3.65. The van der Waals surface area contributed by atoms with Crippen molar-refractivity contribution in [2.75, 3.05) is 0 Å². The zero-order chi connectivity index (χ0) is 11.0. The third-order valence-electron chi connectivity index (χ3n) is 1.94. The highest BCUT2D eigenvalue weighted by atomic mass is 79.9. The molecule has 0 aliphatic rings. The van der Waals surface area contributed by atoms with Gasteiger partial charge in [0.25, 0.3) is 0 Å². The van der Waals surface area contributed by atoms with Gasteiger partial charge in [0.2, 0.25) is 5.78 Å². The molecule has 0 fully saturated rings. The molecule has 0 bridgehead atoms. The van der Waals surface area contributed by atoms with E-state index in [9.17, 15) is 4.79 Å². The van der Waals surface area contributed by atoms with E-state index in [0.29, 0.717) is 9.90 Å². The Kier molecular flexibility index (Phi) is 3.30. The van der Waals surface area contributed by atoms with Crippen LogP contribution in [0, 0.1) is 6.92 Å². The predicted molar refractivity (Wildman–Crippen MR) is 69.5 cm³/mol. The van der Waals surface area contributed by atoms with Gasteiger partial charge in [-0.05, 0) is 45.9 Å². The Morgan fingerprint density at radius 2 is 2.27 bits per heavy atom. The lowest BCUT2D eigenvalue weighted by Gasteiger charge is -1.94. The van der Waals surface area contributed by atoms with Crippen LogP contribution in [0.25, 0.3) is 0 Å². The maximum atomic E-state index is 12.0. The number of ketones is 1. The Bertz CT molecular complexity index is 496. The molecule has 0 aliphatic carbocycles. The molecule has 5 heteroatoms. The molecule has 0 saturated heterocycles. The van der Waals surface area contributed by atoms with E-state index in [0.717, 1.165) is 14.2 Å². The quantitative estimate of drug-likeness (QED) is 0.729. The molecule has 2 rings (SSSR count). The van der Waals surface area contributed by atoms with E-state index in [1.165, 1.54) is 22.7 Å². The molecule has 0 radical (unpaired) electrons. The summed E-state index contributed by atoms with van der Waals surface area (Å²) in [6.45, 7) is 1.94. The normalized spacial score (nSPS) is 10.6. The number of carbonyl (C=O) groups excluding carboxylic acids is 1. The van der Waals surface area contributed by atoms with Gasteiger partial charge in [-0.2, -0.15) is 0 Å². The second-order valence-electron chi connectivity index (χ2n) is 2.99. The summed E-state index contributed by atoms with van der Waals surface area (Å²) in [6.07, 6.45) is 0. The fourth-order valence-corrected chi connectivity index (χ4v) is 3.77. The van der Waals surface area contributed by atoms with E-state index in [1.807, 2.05) is 18.4 Å². The van der Waals surface area contributed by atoms with Crippen molar-refractivity contribution in [2.24, 2.45) is 0 Å². The Balaban J connectivity index is 2.41. The first-order valence-electron chi connectivity index (χ1n) is 4.13. The molecule has 0 aromatic carbocycles. The maximum absolute atomic E-state index is 12.0. The first-order valence-corrected chi connectivity index (χ1v) is 7.00. The molecule has 0 amide bonds. The molecular weight excluding hydrogens is 316 g/mol. The van der Waals surface area contributed by atoms with Crippen LogP contribution in [-0.4, -0.2) is 5.78 Å². The van der Waals surface area contributed by atoms with Crippen molar-refractivity contribution in [3.8, 4) is 0 Å². The van der Waals surface area contributed by atoms with Gasteiger partial charge >= 0.3 is 0 Å². The molecule has 0 atom stereocenters. The summed E-state index contributed by atoms with van der Waals surface area (Å²) in [5.74, 6) is 0.0556. The molecule has 2 aromatic rings. The zero-order valence-electron chi connectivity index (χ0n) is 7.71. The number of carbonyl (C=O) groups is 1. The Hall–Kier alpha value is -0.160. The molecule has 0 unspecified atom stereocenters. The smallest absolute Gasteiger partial charge is 0.213 e. The summed E-state index contributed by atoms with van der Waals surface area (Å²) in [4.78, 5) is 13.5. The van der Waals surface area contributed by atoms with Crippen LogP contribution in [0.5, 0.6) is 0 Å². The number of halogens is 2. The van der Waals surface area contributed by atoms with E-state index in [1.54, 1.807) is 6.07 Å². The number of rotatable bonds is 2. The Morgan fingerprint density at radius 1 is 1.53 bits per heavy atom. The average Bonchev–Trinajstić information content (AvgIpc) is 2.74. The van der Waals surface area contributed by atoms with Crippen LogP contribution in [0.2, 0.25) is 5.02 Å². The SMILES string of the molecule is Cc1ccsc1C(=O)c1cc(Cl)c(Br)s1. The third-order valence-corrected chi connectivity index (χ3v) is 5.43. The molecule has 2 aromatic heterocycles. The first-order chi connectivity index (χ1) is 7.09. The predicted octanol–water partition coefficient (Wildman–Crippen LogP) is 4.76. The topological polar surface area (TPSA) is 17.1 Å². The van der Waals surface area contributed by atoms with Crippen LogP contribution < -0.4 is 0 Å². The van der Waals surface area contributed by atoms with Crippen LogP contribution in [0.3, 0.4) is 0 Å². The number of hydrogen-bond acceptors (Lipinski definition) is 3. The monoisotopic (exact) mass is 320 g/mol. The van der Waals surface area contributed by atoms with Gasteiger partial charge in [-0.3, -0.25) is 4.79 Å². The highest BCUT2D eigenvalue weighted by Gasteiger charge is 2.16. The van der Waals surface area contributed by atoms with E-state index in [4.69, 9.17) is 11.6 Å². The summed E-state index contributed by atoms with van der Waals surface area (Å²) in [7, 11) is 0. The minimum Gasteiger partial charge on any atom is -0.287 e. The van der Waals surface area contributed by atoms with Crippen LogP contribution in [0.15, 0.2) is 21.3 Å². The summed E-state index contributed by atoms with van der Waals surface area (Å²) >= 11 is 12.0. The fraction of sp³-hybridized carbons (Fsp3) is 0.100. The third kappa shape index (κ3) is 2.18. The van der Waals surface area contributed by atoms with Gasteiger partial charge in [-0.1, -0.05) is 11.6 Å². The molecule has 2 heterocycles. The van der Waals surface area contributed by atoms with Crippen molar-refractivity contribution < 1.29 is 4.79 Å². The maximum Gasteiger partial charge on any atom is 0.213 e. The first kappa shape index (κ1) is 11.3. The van der Waals surface area contributed by atoms with Gasteiger partial charge in [-0.25, -0.2) is 0 Å². The van der Waals surface area contributed by atoms with Gasteiger partial charge in [0, 0.05) is 0 Å². The van der Waals surface area contributed by atoms with Crippen LogP contribution in [0.1, 0.15) is 20.1 Å². The fourth-order valence-electron chi connectivity index (χ4n) is 1.18. The van der Waals surface area contributed by atoms with Gasteiger partial charge in [0.15, 0.2) is 0 Å². The van der Waals surface area contributed by atoms with Gasteiger partial charge in [0.1, 0.15) is 0 Å². The minimum absolute atomic E-state index is 0.0556. The second kappa shape index (κ2) is 4.37. The van der Waals surface area contributed by atoms with Crippen LogP contribution in [-0.2, 0) is 0 Å². The minimum atomic E-state index is 0.0556. The van der Waals surface area contributed by atoms with E-state index in [2.05, 4.69) is 15.9 Å². The van der Waals surface area contributed by atoms with Crippen molar-refractivity contribution >= 4 is 56.0 Å². The summed E-state index contributed by atoms with van der Waals surface area (Å²) < 4.78 is 0.807. The Labute approximate surface area is 109 Å². The average molecular weight is 322 g/mol. The summed E-state index contributed by atoms with van der Waals surface area (Å²) in [5.41, 5.74) is 1.02. The van der Waals surface area contributed by atoms with Crippen LogP contribution >= 0.6 is 50.2 Å². The number of aryl methyl sites for hydroxylation is 1. The lowest BCUT2D eigenvalue weighted by Crippen LogP contribution is -1.96.